The molecule has 1 heterocycles. The highest BCUT2D eigenvalue weighted by molar-refractivity contribution is 5.33. The van der Waals surface area contributed by atoms with E-state index in [0.29, 0.717) is 6.61 Å². The third kappa shape index (κ3) is 3.31. The van der Waals surface area contributed by atoms with Crippen molar-refractivity contribution in [3.8, 4) is 5.75 Å². The lowest BCUT2D eigenvalue weighted by Crippen LogP contribution is -2.30. The van der Waals surface area contributed by atoms with Crippen LogP contribution in [0, 0.1) is 5.82 Å². The highest BCUT2D eigenvalue weighted by Gasteiger charge is 2.17. The van der Waals surface area contributed by atoms with Gasteiger partial charge in [-0.25, -0.2) is 9.82 Å². The van der Waals surface area contributed by atoms with Gasteiger partial charge in [0.05, 0.1) is 18.3 Å². The number of hydrogen-bond donors (Lipinski definition) is 2. The summed E-state index contributed by atoms with van der Waals surface area (Å²) in [5, 5.41) is 0. The number of nitrogens with one attached hydrogen (secondary N) is 1. The van der Waals surface area contributed by atoms with Crippen LogP contribution < -0.4 is 16.0 Å². The number of nitrogens with two attached hydrogens (primary N) is 1. The largest absolute Gasteiger partial charge is 0.494 e. The molecule has 2 aromatic rings. The van der Waals surface area contributed by atoms with Crippen molar-refractivity contribution in [1.29, 1.82) is 0 Å². The summed E-state index contributed by atoms with van der Waals surface area (Å²) in [5.41, 5.74) is 3.70. The van der Waals surface area contributed by atoms with Crippen LogP contribution in [0.4, 0.5) is 4.39 Å². The number of aromatic nitrogens is 1. The van der Waals surface area contributed by atoms with Gasteiger partial charge >= 0.3 is 0 Å². The molecule has 4 nitrogen and oxygen atoms in total. The maximum atomic E-state index is 13.8. The van der Waals surface area contributed by atoms with Gasteiger partial charge in [0.2, 0.25) is 0 Å². The molecule has 0 aliphatic carbocycles. The van der Waals surface area contributed by atoms with E-state index in [1.165, 1.54) is 6.07 Å². The van der Waals surface area contributed by atoms with Crippen LogP contribution in [-0.2, 0) is 0 Å². The zero-order chi connectivity index (χ0) is 14.4. The minimum atomic E-state index is -0.489. The smallest absolute Gasteiger partial charge is 0.146 e. The zero-order valence-electron chi connectivity index (χ0n) is 11.3. The van der Waals surface area contributed by atoms with Gasteiger partial charge in [-0.2, -0.15) is 0 Å². The minimum absolute atomic E-state index is 0.275. The molecular formula is C15H18FN3O. The Labute approximate surface area is 117 Å². The number of hydrogen-bond acceptors (Lipinski definition) is 4. The maximum absolute atomic E-state index is 13.8. The van der Waals surface area contributed by atoms with Gasteiger partial charge in [0.15, 0.2) is 0 Å². The Hall–Kier alpha value is -1.98. The van der Waals surface area contributed by atoms with Gasteiger partial charge in [0.25, 0.3) is 0 Å². The van der Waals surface area contributed by atoms with Gasteiger partial charge in [-0.15, -0.1) is 0 Å². The van der Waals surface area contributed by atoms with Gasteiger partial charge in [-0.3, -0.25) is 10.8 Å². The standard InChI is InChI=1S/C15H18FN3O/c1-2-10-20-12-7-5-11(6-8-12)14(19-17)15-13(16)4-3-9-18-15/h3-9,14,19H,2,10,17H2,1H3. The highest BCUT2D eigenvalue weighted by atomic mass is 19.1. The summed E-state index contributed by atoms with van der Waals surface area (Å²) in [5.74, 6) is 5.93. The van der Waals surface area contributed by atoms with Crippen molar-refractivity contribution in [2.24, 2.45) is 5.84 Å². The molecule has 0 spiro atoms. The average molecular weight is 275 g/mol. The van der Waals surface area contributed by atoms with Crippen molar-refractivity contribution in [3.05, 3.63) is 59.7 Å². The number of ether oxygens (including phenoxy) is 1. The molecule has 0 bridgehead atoms. The zero-order valence-corrected chi connectivity index (χ0v) is 11.3. The molecule has 3 N–H and O–H groups in total. The predicted molar refractivity (Wildman–Crippen MR) is 75.6 cm³/mol. The molecule has 1 aromatic heterocycles. The van der Waals surface area contributed by atoms with Gasteiger partial charge in [0, 0.05) is 6.20 Å². The third-order valence-electron chi connectivity index (χ3n) is 2.91. The Morgan fingerprint density at radius 3 is 2.65 bits per heavy atom. The van der Waals surface area contributed by atoms with Crippen molar-refractivity contribution in [1.82, 2.24) is 10.4 Å². The van der Waals surface area contributed by atoms with E-state index in [9.17, 15) is 4.39 Å². The van der Waals surface area contributed by atoms with Crippen LogP contribution in [0.3, 0.4) is 0 Å². The van der Waals surface area contributed by atoms with Crippen LogP contribution in [0.1, 0.15) is 30.6 Å². The van der Waals surface area contributed by atoms with E-state index >= 15 is 0 Å². The summed E-state index contributed by atoms with van der Waals surface area (Å²) in [7, 11) is 0. The van der Waals surface area contributed by atoms with E-state index in [-0.39, 0.29) is 11.5 Å². The fraction of sp³-hybridized carbons (Fsp3) is 0.267. The number of halogens is 1. The summed E-state index contributed by atoms with van der Waals surface area (Å²) in [4.78, 5) is 4.05. The van der Waals surface area contributed by atoms with E-state index in [1.807, 2.05) is 31.2 Å². The Bertz CT molecular complexity index is 545. The number of hydrazine groups is 1. The summed E-state index contributed by atoms with van der Waals surface area (Å²) in [6.45, 7) is 2.72. The fourth-order valence-corrected chi connectivity index (χ4v) is 1.92. The first-order chi connectivity index (χ1) is 9.76. The Morgan fingerprint density at radius 2 is 2.05 bits per heavy atom. The molecule has 0 amide bonds. The molecule has 1 aromatic carbocycles. The second-order valence-electron chi connectivity index (χ2n) is 4.39. The predicted octanol–water partition coefficient (Wildman–Crippen LogP) is 2.56. The summed E-state index contributed by atoms with van der Waals surface area (Å²) in [6.07, 6.45) is 2.50. The number of nitrogens with zero attached hydrogens (tertiary/aromatic N) is 1. The number of benzene rings is 1. The van der Waals surface area contributed by atoms with Crippen LogP contribution in [-0.4, -0.2) is 11.6 Å². The second-order valence-corrected chi connectivity index (χ2v) is 4.39. The van der Waals surface area contributed by atoms with Crippen molar-refractivity contribution in [2.75, 3.05) is 6.61 Å². The van der Waals surface area contributed by atoms with Crippen LogP contribution in [0.15, 0.2) is 42.6 Å². The maximum Gasteiger partial charge on any atom is 0.146 e. The van der Waals surface area contributed by atoms with Crippen molar-refractivity contribution < 1.29 is 9.13 Å². The lowest BCUT2D eigenvalue weighted by atomic mass is 10.0. The van der Waals surface area contributed by atoms with Gasteiger partial charge in [-0.05, 0) is 36.2 Å². The molecule has 1 unspecified atom stereocenters. The number of rotatable bonds is 6. The minimum Gasteiger partial charge on any atom is -0.494 e. The molecule has 20 heavy (non-hydrogen) atoms. The van der Waals surface area contributed by atoms with E-state index in [0.717, 1.165) is 17.7 Å². The summed E-state index contributed by atoms with van der Waals surface area (Å²) in [6, 6.07) is 9.82. The monoisotopic (exact) mass is 275 g/mol. The molecule has 1 atom stereocenters. The molecule has 0 radical (unpaired) electrons. The molecule has 2 rings (SSSR count). The average Bonchev–Trinajstić information content (AvgIpc) is 2.49. The van der Waals surface area contributed by atoms with Crippen LogP contribution in [0.25, 0.3) is 0 Å². The SMILES string of the molecule is CCCOc1ccc(C(NN)c2ncccc2F)cc1. The normalized spacial score (nSPS) is 12.2. The van der Waals surface area contributed by atoms with Crippen molar-refractivity contribution >= 4 is 0 Å². The van der Waals surface area contributed by atoms with Crippen LogP contribution in [0.2, 0.25) is 0 Å². The lowest BCUT2D eigenvalue weighted by Gasteiger charge is -2.16. The first kappa shape index (κ1) is 14.4. The topological polar surface area (TPSA) is 60.2 Å². The summed E-state index contributed by atoms with van der Waals surface area (Å²) < 4.78 is 19.3. The van der Waals surface area contributed by atoms with Crippen molar-refractivity contribution in [2.45, 2.75) is 19.4 Å². The molecule has 5 heteroatoms. The van der Waals surface area contributed by atoms with Crippen molar-refractivity contribution in [3.63, 3.8) is 0 Å². The molecule has 0 saturated heterocycles. The number of pyridine rings is 1. The quantitative estimate of drug-likeness (QED) is 0.628. The van der Waals surface area contributed by atoms with Gasteiger partial charge in [-0.1, -0.05) is 19.1 Å². The van der Waals surface area contributed by atoms with Gasteiger partial charge < -0.3 is 4.74 Å². The van der Waals surface area contributed by atoms with Gasteiger partial charge in [0.1, 0.15) is 11.6 Å². The first-order valence-corrected chi connectivity index (χ1v) is 6.55. The molecule has 0 aliphatic rings. The molecule has 0 fully saturated rings. The highest BCUT2D eigenvalue weighted by Crippen LogP contribution is 2.23. The molecule has 106 valence electrons. The van der Waals surface area contributed by atoms with E-state index in [2.05, 4.69) is 10.4 Å². The summed E-state index contributed by atoms with van der Waals surface area (Å²) >= 11 is 0. The van der Waals surface area contributed by atoms with Crippen LogP contribution in [0.5, 0.6) is 5.75 Å². The fourth-order valence-electron chi connectivity index (χ4n) is 1.92. The van der Waals surface area contributed by atoms with E-state index in [4.69, 9.17) is 10.6 Å². The third-order valence-corrected chi connectivity index (χ3v) is 2.91. The van der Waals surface area contributed by atoms with Crippen LogP contribution >= 0.6 is 0 Å². The Kier molecular flexibility index (Phi) is 5.03. The molecule has 0 aliphatic heterocycles. The first-order valence-electron chi connectivity index (χ1n) is 6.55. The van der Waals surface area contributed by atoms with E-state index in [1.54, 1.807) is 12.3 Å². The lowest BCUT2D eigenvalue weighted by molar-refractivity contribution is 0.317. The Balaban J connectivity index is 2.22. The van der Waals surface area contributed by atoms with E-state index < -0.39 is 6.04 Å². The Morgan fingerprint density at radius 1 is 1.30 bits per heavy atom. The molecule has 0 saturated carbocycles. The molecular weight excluding hydrogens is 257 g/mol. The second kappa shape index (κ2) is 6.98.